The van der Waals surface area contributed by atoms with Gasteiger partial charge in [0.15, 0.2) is 0 Å². The molecule has 0 radical (unpaired) electrons. The molecule has 3 aromatic rings. The number of amides is 1. The number of carbonyl (C=O) groups excluding carboxylic acids is 2. The van der Waals surface area contributed by atoms with Gasteiger partial charge in [-0.2, -0.15) is 0 Å². The molecule has 6 nitrogen and oxygen atoms in total. The molecule has 7 heteroatoms. The Labute approximate surface area is 207 Å². The first-order valence-corrected chi connectivity index (χ1v) is 12.0. The van der Waals surface area contributed by atoms with Crippen molar-refractivity contribution in [1.29, 1.82) is 0 Å². The first kappa shape index (κ1) is 23.7. The minimum atomic E-state index is -0.726. The first-order valence-electron chi connectivity index (χ1n) is 11.2. The molecule has 1 aromatic heterocycles. The fraction of sp³-hybridized carbons (Fsp3) is 0.222. The predicted octanol–water partition coefficient (Wildman–Crippen LogP) is 5.31. The summed E-state index contributed by atoms with van der Waals surface area (Å²) >= 11 is 3.39. The van der Waals surface area contributed by atoms with Gasteiger partial charge in [0.2, 0.25) is 0 Å². The molecule has 1 saturated heterocycles. The topological polar surface area (TPSA) is 73.7 Å². The van der Waals surface area contributed by atoms with Gasteiger partial charge < -0.3 is 14.9 Å². The second kappa shape index (κ2) is 10.2. The molecule has 0 bridgehead atoms. The van der Waals surface area contributed by atoms with Crippen LogP contribution in [0.5, 0.6) is 0 Å². The largest absolute Gasteiger partial charge is 0.507 e. The number of aromatic nitrogens is 1. The van der Waals surface area contributed by atoms with Crippen molar-refractivity contribution in [2.24, 2.45) is 0 Å². The van der Waals surface area contributed by atoms with Gasteiger partial charge in [-0.25, -0.2) is 0 Å². The molecule has 0 spiro atoms. The summed E-state index contributed by atoms with van der Waals surface area (Å²) in [5.41, 5.74) is 3.04. The van der Waals surface area contributed by atoms with Crippen molar-refractivity contribution in [2.75, 3.05) is 18.0 Å². The van der Waals surface area contributed by atoms with Gasteiger partial charge >= 0.3 is 0 Å². The average molecular weight is 520 g/mol. The molecule has 34 heavy (non-hydrogen) atoms. The molecule has 174 valence electrons. The minimum absolute atomic E-state index is 0.0823. The fourth-order valence-corrected chi connectivity index (χ4v) is 4.54. The van der Waals surface area contributed by atoms with Crippen LogP contribution in [0.1, 0.15) is 36.7 Å². The Balaban J connectivity index is 1.82. The Morgan fingerprint density at radius 1 is 1.00 bits per heavy atom. The third-order valence-electron chi connectivity index (χ3n) is 6.05. The van der Waals surface area contributed by atoms with E-state index >= 15 is 0 Å². The van der Waals surface area contributed by atoms with Crippen molar-refractivity contribution < 1.29 is 14.7 Å². The third kappa shape index (κ3) is 4.61. The number of pyridine rings is 1. The van der Waals surface area contributed by atoms with Crippen LogP contribution < -0.4 is 4.90 Å². The van der Waals surface area contributed by atoms with E-state index in [0.717, 1.165) is 28.8 Å². The van der Waals surface area contributed by atoms with Gasteiger partial charge in [-0.3, -0.25) is 14.6 Å². The molecule has 0 aliphatic carbocycles. The second-order valence-corrected chi connectivity index (χ2v) is 8.93. The summed E-state index contributed by atoms with van der Waals surface area (Å²) in [5.74, 6) is -1.54. The number of carbonyl (C=O) groups is 2. The smallest absolute Gasteiger partial charge is 0.296 e. The molecule has 1 amide bonds. The molecule has 2 aromatic carbocycles. The summed E-state index contributed by atoms with van der Waals surface area (Å²) in [6.45, 7) is 6.09. The number of aliphatic hydroxyl groups is 1. The normalized spacial score (nSPS) is 17.3. The van der Waals surface area contributed by atoms with Gasteiger partial charge in [-0.05, 0) is 55.8 Å². The van der Waals surface area contributed by atoms with E-state index in [-0.39, 0.29) is 17.9 Å². The minimum Gasteiger partial charge on any atom is -0.507 e. The van der Waals surface area contributed by atoms with E-state index in [2.05, 4.69) is 39.7 Å². The molecule has 0 saturated carbocycles. The van der Waals surface area contributed by atoms with Gasteiger partial charge in [0, 0.05) is 35.0 Å². The maximum atomic E-state index is 13.2. The monoisotopic (exact) mass is 519 g/mol. The highest BCUT2D eigenvalue weighted by atomic mass is 79.9. The number of Topliss-reactive ketones (excluding diaryl/α,β-unsaturated/α-hetero) is 1. The van der Waals surface area contributed by atoms with Crippen molar-refractivity contribution in [1.82, 2.24) is 9.88 Å². The summed E-state index contributed by atoms with van der Waals surface area (Å²) in [5, 5.41) is 11.2. The van der Waals surface area contributed by atoms with E-state index in [4.69, 9.17) is 0 Å². The number of ketones is 1. The molecular formula is C27H26BrN3O3. The average Bonchev–Trinajstić information content (AvgIpc) is 3.11. The molecule has 1 unspecified atom stereocenters. The third-order valence-corrected chi connectivity index (χ3v) is 6.58. The van der Waals surface area contributed by atoms with Gasteiger partial charge in [-0.15, -0.1) is 0 Å². The molecule has 1 aliphatic heterocycles. The molecule has 1 N–H and O–H groups in total. The van der Waals surface area contributed by atoms with Crippen LogP contribution in [-0.4, -0.2) is 39.8 Å². The number of benzene rings is 2. The Hall–Kier alpha value is -3.45. The molecule has 4 rings (SSSR count). The number of halogens is 1. The van der Waals surface area contributed by atoms with Crippen LogP contribution in [0.3, 0.4) is 0 Å². The van der Waals surface area contributed by atoms with E-state index in [9.17, 15) is 14.7 Å². The summed E-state index contributed by atoms with van der Waals surface area (Å²) < 4.78 is 0.850. The lowest BCUT2D eigenvalue weighted by Crippen LogP contribution is -2.29. The molecule has 2 heterocycles. The van der Waals surface area contributed by atoms with Crippen LogP contribution in [0.25, 0.3) is 5.76 Å². The lowest BCUT2D eigenvalue weighted by Gasteiger charge is -2.26. The van der Waals surface area contributed by atoms with Crippen LogP contribution in [0.4, 0.5) is 5.69 Å². The number of likely N-dealkylation sites (tertiary alicyclic amines) is 1. The number of hydrogen-bond donors (Lipinski definition) is 1. The Morgan fingerprint density at radius 2 is 1.68 bits per heavy atom. The maximum Gasteiger partial charge on any atom is 0.296 e. The first-order chi connectivity index (χ1) is 16.4. The van der Waals surface area contributed by atoms with Gasteiger partial charge in [0.05, 0.1) is 23.9 Å². The summed E-state index contributed by atoms with van der Waals surface area (Å²) in [4.78, 5) is 34.4. The second-order valence-electron chi connectivity index (χ2n) is 8.02. The van der Waals surface area contributed by atoms with Crippen molar-refractivity contribution in [3.63, 3.8) is 0 Å². The number of hydrogen-bond acceptors (Lipinski definition) is 5. The Morgan fingerprint density at radius 3 is 2.26 bits per heavy atom. The number of rotatable bonds is 7. The van der Waals surface area contributed by atoms with E-state index in [1.807, 2.05) is 36.4 Å². The van der Waals surface area contributed by atoms with Gasteiger partial charge in [0.1, 0.15) is 5.76 Å². The van der Waals surface area contributed by atoms with Crippen LogP contribution in [0.2, 0.25) is 0 Å². The fourth-order valence-electron chi connectivity index (χ4n) is 4.28. The Bertz CT molecular complexity index is 1200. The number of anilines is 1. The zero-order chi connectivity index (χ0) is 24.2. The highest BCUT2D eigenvalue weighted by molar-refractivity contribution is 9.10. The predicted molar refractivity (Wildman–Crippen MR) is 136 cm³/mol. The van der Waals surface area contributed by atoms with Crippen molar-refractivity contribution in [3.8, 4) is 0 Å². The van der Waals surface area contributed by atoms with Crippen molar-refractivity contribution in [2.45, 2.75) is 26.4 Å². The summed E-state index contributed by atoms with van der Waals surface area (Å²) in [7, 11) is 0. The number of aliphatic hydroxyl groups excluding tert-OH is 1. The van der Waals surface area contributed by atoms with Crippen LogP contribution in [0.15, 0.2) is 83.0 Å². The lowest BCUT2D eigenvalue weighted by atomic mass is 9.95. The number of nitrogens with zero attached hydrogens (tertiary/aromatic N) is 3. The van der Waals surface area contributed by atoms with Crippen molar-refractivity contribution in [3.05, 3.63) is 99.8 Å². The van der Waals surface area contributed by atoms with Crippen LogP contribution >= 0.6 is 15.9 Å². The van der Waals surface area contributed by atoms with Crippen molar-refractivity contribution >= 4 is 39.1 Å². The van der Waals surface area contributed by atoms with E-state index in [1.54, 1.807) is 36.5 Å². The zero-order valence-electron chi connectivity index (χ0n) is 19.1. The zero-order valence-corrected chi connectivity index (χ0v) is 20.7. The quantitative estimate of drug-likeness (QED) is 0.260. The standard InChI is InChI=1S/C27H26BrN3O3/c1-3-30(4-2)22-14-10-18(11-15-22)24-23(25(32)19-8-12-20(28)13-9-19)26(33)27(34)31(24)17-21-7-5-6-16-29-21/h5-16,24,32H,3-4,17H2,1-2H3/b25-23-. The van der Waals surface area contributed by atoms with Gasteiger partial charge in [0.25, 0.3) is 11.7 Å². The Kier molecular flexibility index (Phi) is 7.12. The SMILES string of the molecule is CCN(CC)c1ccc(C2/C(=C(/O)c3ccc(Br)cc3)C(=O)C(=O)N2Cc2ccccn2)cc1. The molecule has 1 aliphatic rings. The van der Waals surface area contributed by atoms with E-state index < -0.39 is 17.7 Å². The molecule has 1 atom stereocenters. The lowest BCUT2D eigenvalue weighted by molar-refractivity contribution is -0.140. The highest BCUT2D eigenvalue weighted by Crippen LogP contribution is 2.40. The maximum absolute atomic E-state index is 13.2. The highest BCUT2D eigenvalue weighted by Gasteiger charge is 2.46. The van der Waals surface area contributed by atoms with E-state index in [1.165, 1.54) is 4.90 Å². The summed E-state index contributed by atoms with van der Waals surface area (Å²) in [6.07, 6.45) is 1.65. The summed E-state index contributed by atoms with van der Waals surface area (Å²) in [6, 6.07) is 19.5. The molecule has 1 fully saturated rings. The molecular weight excluding hydrogens is 494 g/mol. The van der Waals surface area contributed by atoms with Crippen LogP contribution in [0, 0.1) is 0 Å². The van der Waals surface area contributed by atoms with Gasteiger partial charge in [-0.1, -0.05) is 46.3 Å². The van der Waals surface area contributed by atoms with E-state index in [0.29, 0.717) is 11.3 Å². The van der Waals surface area contributed by atoms with Crippen LogP contribution in [-0.2, 0) is 16.1 Å².